The van der Waals surface area contributed by atoms with E-state index >= 15 is 0 Å². The van der Waals surface area contributed by atoms with E-state index in [-0.39, 0.29) is 43.2 Å². The second kappa shape index (κ2) is 11.4. The van der Waals surface area contributed by atoms with E-state index in [2.05, 4.69) is 29.6 Å². The number of hydrogen-bond donors (Lipinski definition) is 2. The second-order valence-corrected chi connectivity index (χ2v) is 9.56. The van der Waals surface area contributed by atoms with Crippen molar-refractivity contribution in [2.45, 2.75) is 44.9 Å². The van der Waals surface area contributed by atoms with Crippen molar-refractivity contribution < 1.29 is 24.2 Å². The van der Waals surface area contributed by atoms with Crippen LogP contribution in [0.3, 0.4) is 0 Å². The number of alkyl carbamates (subject to hydrolysis) is 1. The molecular formula is C28H34N2O5. The molecule has 1 fully saturated rings. The van der Waals surface area contributed by atoms with Gasteiger partial charge in [-0.3, -0.25) is 9.59 Å². The highest BCUT2D eigenvalue weighted by molar-refractivity contribution is 5.81. The van der Waals surface area contributed by atoms with Crippen LogP contribution in [0.15, 0.2) is 48.5 Å². The summed E-state index contributed by atoms with van der Waals surface area (Å²) < 4.78 is 5.61. The van der Waals surface area contributed by atoms with Crippen molar-refractivity contribution in [2.75, 3.05) is 26.2 Å². The summed E-state index contributed by atoms with van der Waals surface area (Å²) in [5, 5.41) is 11.7. The van der Waals surface area contributed by atoms with Crippen LogP contribution < -0.4 is 5.32 Å². The molecule has 7 heteroatoms. The number of carbonyl (C=O) groups excluding carboxylic acids is 2. The van der Waals surface area contributed by atoms with E-state index in [4.69, 9.17) is 9.84 Å². The number of hydrogen-bond acceptors (Lipinski definition) is 4. The standard InChI is InChI=1S/C28H34N2O5/c1-2-7-20(27(33)30-15-14-19(17-30)12-13-26(31)32)16-29-28(34)35-18-25-23-10-5-3-8-21(23)22-9-4-6-11-24(22)25/h3-6,8-11,19-20,25H,2,7,12-18H2,1H3,(H,29,34)(H,31,32). The molecule has 2 unspecified atom stereocenters. The third-order valence-corrected chi connectivity index (χ3v) is 7.19. The van der Waals surface area contributed by atoms with Crippen molar-refractivity contribution in [1.82, 2.24) is 10.2 Å². The summed E-state index contributed by atoms with van der Waals surface area (Å²) in [4.78, 5) is 38.3. The molecule has 1 aliphatic carbocycles. The van der Waals surface area contributed by atoms with Gasteiger partial charge in [-0.2, -0.15) is 0 Å². The maximum atomic E-state index is 13.1. The molecule has 1 saturated heterocycles. The number of aliphatic carboxylic acids is 1. The Morgan fingerprint density at radius 3 is 2.37 bits per heavy atom. The van der Waals surface area contributed by atoms with Crippen molar-refractivity contribution in [2.24, 2.45) is 11.8 Å². The van der Waals surface area contributed by atoms with Crippen molar-refractivity contribution in [1.29, 1.82) is 0 Å². The van der Waals surface area contributed by atoms with Crippen LogP contribution in [-0.4, -0.2) is 54.2 Å². The molecule has 0 aromatic heterocycles. The van der Waals surface area contributed by atoms with E-state index in [1.54, 1.807) is 0 Å². The van der Waals surface area contributed by atoms with E-state index in [1.165, 1.54) is 11.1 Å². The van der Waals surface area contributed by atoms with Crippen LogP contribution in [-0.2, 0) is 14.3 Å². The molecule has 2 atom stereocenters. The minimum absolute atomic E-state index is 0.00597. The lowest BCUT2D eigenvalue weighted by Gasteiger charge is -2.24. The highest BCUT2D eigenvalue weighted by Crippen LogP contribution is 2.44. The zero-order chi connectivity index (χ0) is 24.8. The first-order valence-corrected chi connectivity index (χ1v) is 12.6. The molecule has 4 rings (SSSR count). The molecule has 1 aliphatic heterocycles. The van der Waals surface area contributed by atoms with Crippen LogP contribution >= 0.6 is 0 Å². The highest BCUT2D eigenvalue weighted by Gasteiger charge is 2.32. The van der Waals surface area contributed by atoms with Crippen LogP contribution in [0.4, 0.5) is 4.79 Å². The van der Waals surface area contributed by atoms with Gasteiger partial charge >= 0.3 is 12.1 Å². The van der Waals surface area contributed by atoms with Crippen LogP contribution in [0.25, 0.3) is 11.1 Å². The predicted molar refractivity (Wildman–Crippen MR) is 133 cm³/mol. The first-order chi connectivity index (χ1) is 17.0. The summed E-state index contributed by atoms with van der Waals surface area (Å²) in [6.45, 7) is 3.74. The van der Waals surface area contributed by atoms with Gasteiger partial charge in [0, 0.05) is 32.0 Å². The summed E-state index contributed by atoms with van der Waals surface area (Å²) >= 11 is 0. The van der Waals surface area contributed by atoms with Gasteiger partial charge in [0.15, 0.2) is 0 Å². The Hall–Kier alpha value is -3.35. The SMILES string of the molecule is CCCC(CNC(=O)OCC1c2ccccc2-c2ccccc21)C(=O)N1CCC(CCC(=O)O)C1. The van der Waals surface area contributed by atoms with Crippen molar-refractivity contribution in [3.05, 3.63) is 59.7 Å². The summed E-state index contributed by atoms with van der Waals surface area (Å²) in [6, 6.07) is 16.4. The van der Waals surface area contributed by atoms with Gasteiger partial charge in [0.2, 0.25) is 5.91 Å². The van der Waals surface area contributed by atoms with Crippen molar-refractivity contribution in [3.8, 4) is 11.1 Å². The number of rotatable bonds is 10. The Morgan fingerprint density at radius 2 is 1.74 bits per heavy atom. The van der Waals surface area contributed by atoms with Gasteiger partial charge < -0.3 is 20.1 Å². The molecule has 2 N–H and O–H groups in total. The zero-order valence-electron chi connectivity index (χ0n) is 20.2. The largest absolute Gasteiger partial charge is 0.481 e. The molecule has 2 amide bonds. The van der Waals surface area contributed by atoms with Crippen LogP contribution in [0.1, 0.15) is 56.1 Å². The lowest BCUT2D eigenvalue weighted by atomic mass is 9.98. The number of ether oxygens (including phenoxy) is 1. The molecule has 35 heavy (non-hydrogen) atoms. The summed E-state index contributed by atoms with van der Waals surface area (Å²) in [7, 11) is 0. The van der Waals surface area contributed by atoms with E-state index in [0.29, 0.717) is 25.9 Å². The van der Waals surface area contributed by atoms with E-state index in [9.17, 15) is 14.4 Å². The number of nitrogens with zero attached hydrogens (tertiary/aromatic N) is 1. The quantitative estimate of drug-likeness (QED) is 0.518. The molecular weight excluding hydrogens is 444 g/mol. The normalized spacial score (nSPS) is 17.5. The maximum absolute atomic E-state index is 13.1. The molecule has 1 heterocycles. The third-order valence-electron chi connectivity index (χ3n) is 7.19. The van der Waals surface area contributed by atoms with Gasteiger partial charge in [-0.05, 0) is 47.4 Å². The fourth-order valence-electron chi connectivity index (χ4n) is 5.37. The highest BCUT2D eigenvalue weighted by atomic mass is 16.5. The minimum Gasteiger partial charge on any atom is -0.481 e. The van der Waals surface area contributed by atoms with Gasteiger partial charge in [0.05, 0.1) is 5.92 Å². The smallest absolute Gasteiger partial charge is 0.407 e. The maximum Gasteiger partial charge on any atom is 0.407 e. The van der Waals surface area contributed by atoms with Crippen LogP contribution in [0.2, 0.25) is 0 Å². The fourth-order valence-corrected chi connectivity index (χ4v) is 5.37. The van der Waals surface area contributed by atoms with Gasteiger partial charge in [0.1, 0.15) is 6.61 Å². The Kier molecular flexibility index (Phi) is 8.06. The Labute approximate surface area is 206 Å². The molecule has 2 aliphatic rings. The van der Waals surface area contributed by atoms with Gasteiger partial charge in [-0.15, -0.1) is 0 Å². The number of benzene rings is 2. The van der Waals surface area contributed by atoms with Crippen molar-refractivity contribution >= 4 is 18.0 Å². The Bertz CT molecular complexity index is 1020. The lowest BCUT2D eigenvalue weighted by molar-refractivity contribution is -0.137. The number of nitrogens with one attached hydrogen (secondary N) is 1. The van der Waals surface area contributed by atoms with E-state index in [1.807, 2.05) is 36.1 Å². The number of carbonyl (C=O) groups is 3. The molecule has 186 valence electrons. The molecule has 0 saturated carbocycles. The molecule has 2 aromatic carbocycles. The second-order valence-electron chi connectivity index (χ2n) is 9.56. The van der Waals surface area contributed by atoms with Crippen LogP contribution in [0, 0.1) is 11.8 Å². The lowest BCUT2D eigenvalue weighted by Crippen LogP contribution is -2.41. The summed E-state index contributed by atoms with van der Waals surface area (Å²) in [5.41, 5.74) is 4.68. The number of carboxylic acid groups (broad SMARTS) is 1. The van der Waals surface area contributed by atoms with Gasteiger partial charge in [-0.25, -0.2) is 4.79 Å². The number of amides is 2. The fraction of sp³-hybridized carbons (Fsp3) is 0.464. The third kappa shape index (κ3) is 5.84. The molecule has 7 nitrogen and oxygen atoms in total. The van der Waals surface area contributed by atoms with Gasteiger partial charge in [-0.1, -0.05) is 61.9 Å². The molecule has 0 spiro atoms. The molecule has 0 bridgehead atoms. The van der Waals surface area contributed by atoms with E-state index < -0.39 is 12.1 Å². The van der Waals surface area contributed by atoms with Gasteiger partial charge in [0.25, 0.3) is 0 Å². The molecule has 0 radical (unpaired) electrons. The number of carboxylic acids is 1. The van der Waals surface area contributed by atoms with Crippen LogP contribution in [0.5, 0.6) is 0 Å². The Morgan fingerprint density at radius 1 is 1.09 bits per heavy atom. The predicted octanol–water partition coefficient (Wildman–Crippen LogP) is 4.65. The average Bonchev–Trinajstić information content (AvgIpc) is 3.46. The first kappa shape index (κ1) is 24.8. The summed E-state index contributed by atoms with van der Waals surface area (Å²) in [5.74, 6) is -0.853. The topological polar surface area (TPSA) is 95.9 Å². The zero-order valence-corrected chi connectivity index (χ0v) is 20.2. The minimum atomic E-state index is -0.800. The van der Waals surface area contributed by atoms with E-state index in [0.717, 1.165) is 24.0 Å². The summed E-state index contributed by atoms with van der Waals surface area (Å²) in [6.07, 6.45) is 2.56. The average molecular weight is 479 g/mol. The Balaban J connectivity index is 1.29. The molecule has 2 aromatic rings. The monoisotopic (exact) mass is 478 g/mol. The number of fused-ring (bicyclic) bond motifs is 3. The number of likely N-dealkylation sites (tertiary alicyclic amines) is 1. The van der Waals surface area contributed by atoms with Crippen molar-refractivity contribution in [3.63, 3.8) is 0 Å². The first-order valence-electron chi connectivity index (χ1n) is 12.6.